The Morgan fingerprint density at radius 2 is 1.85 bits per heavy atom. The fourth-order valence-electron chi connectivity index (χ4n) is 2.61. The monoisotopic (exact) mass is 301 g/mol. The molecule has 1 aromatic rings. The van der Waals surface area contributed by atoms with Crippen LogP contribution in [0.25, 0.3) is 0 Å². The summed E-state index contributed by atoms with van der Waals surface area (Å²) in [6.45, 7) is 10.3. The van der Waals surface area contributed by atoms with Crippen LogP contribution >= 0.6 is 11.8 Å². The highest BCUT2D eigenvalue weighted by Crippen LogP contribution is 2.35. The molecule has 0 aliphatic heterocycles. The number of rotatable bonds is 6. The first-order valence-electron chi connectivity index (χ1n) is 6.47. The minimum Gasteiger partial charge on any atom is -0.481 e. The van der Waals surface area contributed by atoms with E-state index in [1.807, 2.05) is 18.4 Å². The van der Waals surface area contributed by atoms with Crippen molar-refractivity contribution in [1.29, 1.82) is 0 Å². The zero-order valence-corrected chi connectivity index (χ0v) is 13.5. The lowest BCUT2D eigenvalue weighted by Gasteiger charge is -2.35. The zero-order chi connectivity index (χ0) is 15.6. The van der Waals surface area contributed by atoms with Gasteiger partial charge in [0, 0.05) is 5.54 Å². The van der Waals surface area contributed by atoms with Crippen molar-refractivity contribution in [2.45, 2.75) is 58.3 Å². The van der Waals surface area contributed by atoms with Gasteiger partial charge in [-0.05, 0) is 25.7 Å². The van der Waals surface area contributed by atoms with Gasteiger partial charge in [0.15, 0.2) is 11.0 Å². The van der Waals surface area contributed by atoms with E-state index in [9.17, 15) is 9.90 Å². The third kappa shape index (κ3) is 4.49. The van der Waals surface area contributed by atoms with Gasteiger partial charge in [-0.1, -0.05) is 32.5 Å². The van der Waals surface area contributed by atoms with E-state index in [1.165, 1.54) is 0 Å². The van der Waals surface area contributed by atoms with E-state index >= 15 is 0 Å². The number of aliphatic hydroxyl groups excluding tert-OH is 1. The molecule has 0 aliphatic rings. The van der Waals surface area contributed by atoms with Crippen LogP contribution < -0.4 is 0 Å². The van der Waals surface area contributed by atoms with Gasteiger partial charge in [-0.15, -0.1) is 10.2 Å². The highest BCUT2D eigenvalue weighted by molar-refractivity contribution is 7.99. The summed E-state index contributed by atoms with van der Waals surface area (Å²) in [7, 11) is 0. The first-order chi connectivity index (χ1) is 9.07. The molecule has 0 saturated carbocycles. The summed E-state index contributed by atoms with van der Waals surface area (Å²) in [6, 6.07) is 0. The number of nitrogens with zero attached hydrogens (tertiary/aromatic N) is 3. The fourth-order valence-corrected chi connectivity index (χ4v) is 3.44. The van der Waals surface area contributed by atoms with E-state index in [4.69, 9.17) is 5.11 Å². The molecule has 114 valence electrons. The summed E-state index contributed by atoms with van der Waals surface area (Å²) in [5.41, 5.74) is -0.212. The van der Waals surface area contributed by atoms with Crippen molar-refractivity contribution >= 4 is 17.7 Å². The molecule has 0 aliphatic carbocycles. The Kier molecular flexibility index (Phi) is 5.21. The number of aliphatic hydroxyl groups is 1. The van der Waals surface area contributed by atoms with Crippen molar-refractivity contribution < 1.29 is 15.0 Å². The molecule has 1 aromatic heterocycles. The van der Waals surface area contributed by atoms with Gasteiger partial charge in [0.2, 0.25) is 0 Å². The van der Waals surface area contributed by atoms with Crippen molar-refractivity contribution in [3.63, 3.8) is 0 Å². The van der Waals surface area contributed by atoms with Gasteiger partial charge >= 0.3 is 5.97 Å². The molecule has 0 saturated heterocycles. The van der Waals surface area contributed by atoms with Crippen LogP contribution in [0.4, 0.5) is 0 Å². The van der Waals surface area contributed by atoms with E-state index in [-0.39, 0.29) is 23.3 Å². The van der Waals surface area contributed by atoms with E-state index in [1.54, 1.807) is 0 Å². The Hall–Kier alpha value is -1.08. The van der Waals surface area contributed by atoms with Crippen molar-refractivity contribution in [2.75, 3.05) is 5.75 Å². The van der Waals surface area contributed by atoms with Crippen LogP contribution in [-0.2, 0) is 16.9 Å². The van der Waals surface area contributed by atoms with Gasteiger partial charge in [0.05, 0.1) is 5.75 Å². The smallest absolute Gasteiger partial charge is 0.313 e. The van der Waals surface area contributed by atoms with Crippen molar-refractivity contribution in [3.05, 3.63) is 5.82 Å². The van der Waals surface area contributed by atoms with E-state index in [0.717, 1.165) is 18.2 Å². The Morgan fingerprint density at radius 1 is 1.25 bits per heavy atom. The number of hydrogen-bond acceptors (Lipinski definition) is 5. The normalized spacial score (nSPS) is 12.7. The lowest BCUT2D eigenvalue weighted by molar-refractivity contribution is -0.133. The molecule has 1 rings (SSSR count). The molecule has 0 fully saturated rings. The van der Waals surface area contributed by atoms with Gasteiger partial charge in [-0.3, -0.25) is 9.36 Å². The minimum atomic E-state index is -0.899. The molecule has 0 amide bonds. The minimum absolute atomic E-state index is 0.0742. The molecule has 20 heavy (non-hydrogen) atoms. The lowest BCUT2D eigenvalue weighted by atomic mass is 9.81. The largest absolute Gasteiger partial charge is 0.481 e. The van der Waals surface area contributed by atoms with Crippen LogP contribution in [0.2, 0.25) is 0 Å². The molecular formula is C13H23N3O3S. The first kappa shape index (κ1) is 17.0. The maximum atomic E-state index is 10.7. The molecular weight excluding hydrogens is 278 g/mol. The molecule has 6 nitrogen and oxygen atoms in total. The van der Waals surface area contributed by atoms with Crippen LogP contribution in [0.5, 0.6) is 0 Å². The van der Waals surface area contributed by atoms with E-state index in [0.29, 0.717) is 11.0 Å². The summed E-state index contributed by atoms with van der Waals surface area (Å²) in [4.78, 5) is 10.7. The third-order valence-electron chi connectivity index (χ3n) is 2.73. The van der Waals surface area contributed by atoms with Crippen LogP contribution in [0.15, 0.2) is 5.16 Å². The molecule has 0 bridgehead atoms. The topological polar surface area (TPSA) is 88.2 Å². The molecule has 7 heteroatoms. The molecule has 2 N–H and O–H groups in total. The van der Waals surface area contributed by atoms with Crippen molar-refractivity contribution in [3.8, 4) is 0 Å². The summed E-state index contributed by atoms with van der Waals surface area (Å²) in [5, 5.41) is 26.7. The maximum absolute atomic E-state index is 10.7. The maximum Gasteiger partial charge on any atom is 0.313 e. The number of aliphatic carboxylic acids is 1. The Morgan fingerprint density at radius 3 is 2.30 bits per heavy atom. The number of aromatic nitrogens is 3. The van der Waals surface area contributed by atoms with Crippen LogP contribution in [0.3, 0.4) is 0 Å². The van der Waals surface area contributed by atoms with E-state index < -0.39 is 5.97 Å². The van der Waals surface area contributed by atoms with Gasteiger partial charge < -0.3 is 10.2 Å². The lowest BCUT2D eigenvalue weighted by Crippen LogP contribution is -2.33. The molecule has 1 heterocycles. The molecule has 0 radical (unpaired) electrons. The highest BCUT2D eigenvalue weighted by atomic mass is 32.2. The molecule has 0 spiro atoms. The van der Waals surface area contributed by atoms with Gasteiger partial charge in [-0.25, -0.2) is 0 Å². The second kappa shape index (κ2) is 6.13. The predicted molar refractivity (Wildman–Crippen MR) is 77.7 cm³/mol. The summed E-state index contributed by atoms with van der Waals surface area (Å²) in [5.74, 6) is -0.509. The predicted octanol–water partition coefficient (Wildman–Crippen LogP) is 2.12. The molecule has 0 atom stereocenters. The average molecular weight is 301 g/mol. The second-order valence-corrected chi connectivity index (χ2v) is 7.57. The molecule has 0 unspecified atom stereocenters. The summed E-state index contributed by atoms with van der Waals surface area (Å²) < 4.78 is 1.85. The van der Waals surface area contributed by atoms with E-state index in [2.05, 4.69) is 31.0 Å². The highest BCUT2D eigenvalue weighted by Gasteiger charge is 2.32. The Bertz CT molecular complexity index is 478. The third-order valence-corrected chi connectivity index (χ3v) is 3.65. The summed E-state index contributed by atoms with van der Waals surface area (Å²) in [6.07, 6.45) is 0.853. The fraction of sp³-hybridized carbons (Fsp3) is 0.769. The van der Waals surface area contributed by atoms with Crippen LogP contribution in [0.1, 0.15) is 46.9 Å². The quantitative estimate of drug-likeness (QED) is 0.782. The average Bonchev–Trinajstić information content (AvgIpc) is 2.66. The number of hydrogen-bond donors (Lipinski definition) is 2. The summed E-state index contributed by atoms with van der Waals surface area (Å²) >= 11 is 1.12. The van der Waals surface area contributed by atoms with Gasteiger partial charge in [0.1, 0.15) is 6.61 Å². The number of thioether (sulfide) groups is 1. The number of carboxylic acids is 1. The van der Waals surface area contributed by atoms with Crippen molar-refractivity contribution in [1.82, 2.24) is 14.8 Å². The van der Waals surface area contributed by atoms with Crippen LogP contribution in [0, 0.1) is 5.41 Å². The first-order valence-corrected chi connectivity index (χ1v) is 7.45. The Labute approximate surface area is 123 Å². The number of carboxylic acid groups (broad SMARTS) is 1. The number of carbonyl (C=O) groups is 1. The van der Waals surface area contributed by atoms with Crippen molar-refractivity contribution in [2.24, 2.45) is 5.41 Å². The van der Waals surface area contributed by atoms with Gasteiger partial charge in [-0.2, -0.15) is 0 Å². The second-order valence-electron chi connectivity index (χ2n) is 6.62. The van der Waals surface area contributed by atoms with Gasteiger partial charge in [0.25, 0.3) is 0 Å². The Balaban J connectivity index is 3.12. The van der Waals surface area contributed by atoms with Crippen LogP contribution in [-0.4, -0.2) is 36.7 Å². The zero-order valence-electron chi connectivity index (χ0n) is 12.7. The standard InChI is InChI=1S/C13H23N3O3S/c1-12(2,3)8-13(4,5)16-9(6-17)14-15-11(16)20-7-10(18)19/h17H,6-8H2,1-5H3,(H,18,19). The SMILES string of the molecule is CC(C)(C)CC(C)(C)n1c(CO)nnc1SCC(=O)O. The molecule has 0 aromatic carbocycles.